The van der Waals surface area contributed by atoms with Crippen LogP contribution in [0.5, 0.6) is 0 Å². The van der Waals surface area contributed by atoms with Gasteiger partial charge in [0.15, 0.2) is 0 Å². The minimum absolute atomic E-state index is 0.0940. The topological polar surface area (TPSA) is 68.0 Å². The van der Waals surface area contributed by atoms with Gasteiger partial charge < -0.3 is 11.1 Å². The molecule has 0 aliphatic rings. The van der Waals surface area contributed by atoms with Crippen molar-refractivity contribution in [3.8, 4) is 10.6 Å². The fourth-order valence-electron chi connectivity index (χ4n) is 1.87. The molecule has 0 saturated heterocycles. The normalized spacial score (nSPS) is 12.4. The summed E-state index contributed by atoms with van der Waals surface area (Å²) in [5, 5.41) is 5.91. The number of rotatable bonds is 6. The SMILES string of the molecule is CC(C)[C@H](N)C(=O)NCCc1csc(-c2ccccc2)n1. The summed E-state index contributed by atoms with van der Waals surface area (Å²) in [6, 6.07) is 9.65. The van der Waals surface area contributed by atoms with Crippen LogP contribution in [0.4, 0.5) is 0 Å². The van der Waals surface area contributed by atoms with Crippen molar-refractivity contribution in [3.63, 3.8) is 0 Å². The Balaban J connectivity index is 1.85. The standard InChI is InChI=1S/C16H21N3OS/c1-11(2)14(17)15(20)18-9-8-13-10-21-16(19-13)12-6-4-3-5-7-12/h3-7,10-11,14H,8-9,17H2,1-2H3,(H,18,20)/t14-/m0/s1. The van der Waals surface area contributed by atoms with Crippen LogP contribution < -0.4 is 11.1 Å². The second-order valence-electron chi connectivity index (χ2n) is 5.32. The van der Waals surface area contributed by atoms with Crippen molar-refractivity contribution in [3.05, 3.63) is 41.4 Å². The van der Waals surface area contributed by atoms with Gasteiger partial charge in [-0.25, -0.2) is 4.98 Å². The third-order valence-electron chi connectivity index (χ3n) is 3.27. The maximum absolute atomic E-state index is 11.7. The van der Waals surface area contributed by atoms with E-state index in [-0.39, 0.29) is 11.8 Å². The average molecular weight is 303 g/mol. The van der Waals surface area contributed by atoms with E-state index in [0.717, 1.165) is 22.7 Å². The Morgan fingerprint density at radius 2 is 2.05 bits per heavy atom. The molecule has 0 bridgehead atoms. The summed E-state index contributed by atoms with van der Waals surface area (Å²) in [6.45, 7) is 4.45. The first-order valence-corrected chi connectivity index (χ1v) is 7.99. The van der Waals surface area contributed by atoms with E-state index < -0.39 is 6.04 Å². The highest BCUT2D eigenvalue weighted by molar-refractivity contribution is 7.13. The summed E-state index contributed by atoms with van der Waals surface area (Å²) >= 11 is 1.62. The zero-order valence-corrected chi connectivity index (χ0v) is 13.2. The van der Waals surface area contributed by atoms with Gasteiger partial charge in [0.05, 0.1) is 11.7 Å². The molecule has 1 aromatic carbocycles. The maximum atomic E-state index is 11.7. The molecule has 0 unspecified atom stereocenters. The third kappa shape index (κ3) is 4.37. The number of thiazole rings is 1. The number of nitrogens with one attached hydrogen (secondary N) is 1. The van der Waals surface area contributed by atoms with Crippen molar-refractivity contribution in [2.45, 2.75) is 26.3 Å². The molecule has 1 aromatic heterocycles. The molecule has 0 spiro atoms. The second-order valence-corrected chi connectivity index (χ2v) is 6.18. The van der Waals surface area contributed by atoms with Gasteiger partial charge in [0.1, 0.15) is 5.01 Å². The molecule has 0 fully saturated rings. The Morgan fingerprint density at radius 3 is 2.71 bits per heavy atom. The highest BCUT2D eigenvalue weighted by Gasteiger charge is 2.16. The van der Waals surface area contributed by atoms with Gasteiger partial charge in [-0.2, -0.15) is 0 Å². The third-order valence-corrected chi connectivity index (χ3v) is 4.21. The van der Waals surface area contributed by atoms with Crippen LogP contribution in [0, 0.1) is 5.92 Å². The largest absolute Gasteiger partial charge is 0.354 e. The van der Waals surface area contributed by atoms with Gasteiger partial charge in [-0.1, -0.05) is 44.2 Å². The summed E-state index contributed by atoms with van der Waals surface area (Å²) in [5.41, 5.74) is 7.92. The molecule has 4 nitrogen and oxygen atoms in total. The van der Waals surface area contributed by atoms with Gasteiger partial charge in [-0.05, 0) is 5.92 Å². The van der Waals surface area contributed by atoms with E-state index in [1.165, 1.54) is 0 Å². The van der Waals surface area contributed by atoms with Gasteiger partial charge in [-0.3, -0.25) is 4.79 Å². The van der Waals surface area contributed by atoms with Gasteiger partial charge in [0, 0.05) is 23.9 Å². The minimum atomic E-state index is -0.444. The number of nitrogens with zero attached hydrogens (tertiary/aromatic N) is 1. The number of carbonyl (C=O) groups is 1. The van der Waals surface area contributed by atoms with E-state index in [2.05, 4.69) is 10.3 Å². The van der Waals surface area contributed by atoms with Crippen LogP contribution in [0.2, 0.25) is 0 Å². The first kappa shape index (κ1) is 15.7. The van der Waals surface area contributed by atoms with Gasteiger partial charge >= 0.3 is 0 Å². The van der Waals surface area contributed by atoms with E-state index in [9.17, 15) is 4.79 Å². The predicted octanol–water partition coefficient (Wildman–Crippen LogP) is 2.45. The van der Waals surface area contributed by atoms with Crippen LogP contribution in [-0.2, 0) is 11.2 Å². The Kier molecular flexibility index (Phi) is 5.47. The van der Waals surface area contributed by atoms with Crippen molar-refractivity contribution in [1.29, 1.82) is 0 Å². The summed E-state index contributed by atoms with van der Waals surface area (Å²) in [7, 11) is 0. The monoisotopic (exact) mass is 303 g/mol. The molecule has 2 aromatic rings. The molecule has 5 heteroatoms. The molecule has 112 valence electrons. The Labute approximate surface area is 129 Å². The van der Waals surface area contributed by atoms with E-state index >= 15 is 0 Å². The van der Waals surface area contributed by atoms with E-state index in [1.807, 2.05) is 49.6 Å². The highest BCUT2D eigenvalue weighted by Crippen LogP contribution is 2.23. The lowest BCUT2D eigenvalue weighted by Gasteiger charge is -2.14. The van der Waals surface area contributed by atoms with Crippen LogP contribution in [0.1, 0.15) is 19.5 Å². The molecule has 0 aliphatic heterocycles. The molecule has 0 aliphatic carbocycles. The lowest BCUT2D eigenvalue weighted by Crippen LogP contribution is -2.44. The van der Waals surface area contributed by atoms with Crippen LogP contribution in [0.15, 0.2) is 35.7 Å². The predicted molar refractivity (Wildman–Crippen MR) is 87.1 cm³/mol. The van der Waals surface area contributed by atoms with Crippen molar-refractivity contribution in [1.82, 2.24) is 10.3 Å². The first-order chi connectivity index (χ1) is 10.1. The lowest BCUT2D eigenvalue weighted by atomic mass is 10.1. The molecule has 1 atom stereocenters. The number of hydrogen-bond acceptors (Lipinski definition) is 4. The molecule has 1 amide bonds. The van der Waals surface area contributed by atoms with Gasteiger partial charge in [0.25, 0.3) is 0 Å². The van der Waals surface area contributed by atoms with E-state index in [4.69, 9.17) is 5.73 Å². The zero-order valence-electron chi connectivity index (χ0n) is 12.4. The van der Waals surface area contributed by atoms with E-state index in [1.54, 1.807) is 11.3 Å². The molecule has 0 radical (unpaired) electrons. The minimum Gasteiger partial charge on any atom is -0.354 e. The summed E-state index contributed by atoms with van der Waals surface area (Å²) < 4.78 is 0. The maximum Gasteiger partial charge on any atom is 0.237 e. The second kappa shape index (κ2) is 7.33. The number of amides is 1. The van der Waals surface area contributed by atoms with Gasteiger partial charge in [-0.15, -0.1) is 11.3 Å². The Hall–Kier alpha value is -1.72. The molecule has 0 saturated carbocycles. The lowest BCUT2D eigenvalue weighted by molar-refractivity contribution is -0.123. The molecule has 21 heavy (non-hydrogen) atoms. The number of nitrogens with two attached hydrogens (primary N) is 1. The Morgan fingerprint density at radius 1 is 1.33 bits per heavy atom. The summed E-state index contributed by atoms with van der Waals surface area (Å²) in [4.78, 5) is 16.3. The number of hydrogen-bond donors (Lipinski definition) is 2. The van der Waals surface area contributed by atoms with E-state index in [0.29, 0.717) is 6.54 Å². The number of carbonyl (C=O) groups excluding carboxylic acids is 1. The van der Waals surface area contributed by atoms with Crippen LogP contribution in [-0.4, -0.2) is 23.5 Å². The molecule has 1 heterocycles. The fraction of sp³-hybridized carbons (Fsp3) is 0.375. The van der Waals surface area contributed by atoms with Crippen LogP contribution in [0.3, 0.4) is 0 Å². The van der Waals surface area contributed by atoms with Crippen molar-refractivity contribution >= 4 is 17.2 Å². The van der Waals surface area contributed by atoms with Crippen molar-refractivity contribution < 1.29 is 4.79 Å². The first-order valence-electron chi connectivity index (χ1n) is 7.11. The summed E-state index contributed by atoms with van der Waals surface area (Å²) in [5.74, 6) is 0.0532. The van der Waals surface area contributed by atoms with Crippen molar-refractivity contribution in [2.75, 3.05) is 6.54 Å². The fourth-order valence-corrected chi connectivity index (χ4v) is 2.73. The highest BCUT2D eigenvalue weighted by atomic mass is 32.1. The number of benzene rings is 1. The molecule has 2 rings (SSSR count). The molecular formula is C16H21N3OS. The van der Waals surface area contributed by atoms with Crippen LogP contribution in [0.25, 0.3) is 10.6 Å². The summed E-state index contributed by atoms with van der Waals surface area (Å²) in [6.07, 6.45) is 0.722. The quantitative estimate of drug-likeness (QED) is 0.861. The smallest absolute Gasteiger partial charge is 0.237 e. The van der Waals surface area contributed by atoms with Crippen molar-refractivity contribution in [2.24, 2.45) is 11.7 Å². The average Bonchev–Trinajstić information content (AvgIpc) is 2.96. The zero-order chi connectivity index (χ0) is 15.2. The molecular weight excluding hydrogens is 282 g/mol. The van der Waals surface area contributed by atoms with Crippen LogP contribution >= 0.6 is 11.3 Å². The van der Waals surface area contributed by atoms with Gasteiger partial charge in [0.2, 0.25) is 5.91 Å². The number of aromatic nitrogens is 1. The Bertz CT molecular complexity index is 580. The molecule has 3 N–H and O–H groups in total.